The Balaban J connectivity index is 2.08. The second kappa shape index (κ2) is 1.80. The minimum atomic E-state index is 0.545. The second-order valence-corrected chi connectivity index (χ2v) is 4.27. The molecule has 0 aromatic heterocycles. The zero-order chi connectivity index (χ0) is 7.31. The summed E-state index contributed by atoms with van der Waals surface area (Å²) in [7, 11) is 0. The van der Waals surface area contributed by atoms with Crippen LogP contribution in [0.5, 0.6) is 0 Å². The Morgan fingerprint density at radius 1 is 1.27 bits per heavy atom. The number of rotatable bonds is 0. The van der Waals surface area contributed by atoms with Crippen molar-refractivity contribution >= 4 is 0 Å². The maximum atomic E-state index is 2.48. The quantitative estimate of drug-likeness (QED) is 0.461. The Labute approximate surface area is 68.0 Å². The summed E-state index contributed by atoms with van der Waals surface area (Å²) in [4.78, 5) is 0. The fourth-order valence-corrected chi connectivity index (χ4v) is 3.26. The molecule has 0 radical (unpaired) electrons. The first-order valence-electron chi connectivity index (χ1n) is 4.78. The number of allylic oxidation sites excluding steroid dienone is 4. The van der Waals surface area contributed by atoms with Crippen molar-refractivity contribution in [2.24, 2.45) is 17.3 Å². The molecule has 1 fully saturated rings. The molecule has 11 heavy (non-hydrogen) atoms. The molecular formula is C11H14. The van der Waals surface area contributed by atoms with Gasteiger partial charge in [0.05, 0.1) is 0 Å². The standard InChI is InChI=1S/C11H14/c1-3-9-5-8-11(6-1)7-2-4-10(9)11/h2,5,7-10H,1,3-4,6H2/t9-,10?,11-/m1/s1. The minimum Gasteiger partial charge on any atom is -0.0873 e. The van der Waals surface area contributed by atoms with E-state index < -0.39 is 0 Å². The summed E-state index contributed by atoms with van der Waals surface area (Å²) in [5.74, 6) is 1.90. The fourth-order valence-electron chi connectivity index (χ4n) is 3.26. The summed E-state index contributed by atoms with van der Waals surface area (Å²) in [5.41, 5.74) is 0.545. The van der Waals surface area contributed by atoms with Crippen molar-refractivity contribution in [3.05, 3.63) is 24.3 Å². The summed E-state index contributed by atoms with van der Waals surface area (Å²) in [6.07, 6.45) is 15.5. The average molecular weight is 146 g/mol. The van der Waals surface area contributed by atoms with Gasteiger partial charge in [-0.05, 0) is 31.1 Å². The molecule has 0 aromatic rings. The maximum Gasteiger partial charge on any atom is 0.00978 e. The molecule has 0 N–H and O–H groups in total. The number of hydrogen-bond acceptors (Lipinski definition) is 0. The Morgan fingerprint density at radius 2 is 2.27 bits per heavy atom. The van der Waals surface area contributed by atoms with Crippen molar-refractivity contribution in [2.75, 3.05) is 0 Å². The van der Waals surface area contributed by atoms with Gasteiger partial charge in [0.2, 0.25) is 0 Å². The Kier molecular flexibility index (Phi) is 0.988. The normalized spacial score (nSPS) is 51.6. The van der Waals surface area contributed by atoms with Crippen LogP contribution in [-0.4, -0.2) is 0 Å². The maximum absolute atomic E-state index is 2.48. The van der Waals surface area contributed by atoms with Crippen molar-refractivity contribution in [3.63, 3.8) is 0 Å². The third-order valence-electron chi connectivity index (χ3n) is 3.83. The minimum absolute atomic E-state index is 0.545. The molecule has 0 aromatic carbocycles. The third kappa shape index (κ3) is 0.610. The third-order valence-corrected chi connectivity index (χ3v) is 3.83. The molecule has 3 atom stereocenters. The summed E-state index contributed by atoms with van der Waals surface area (Å²) < 4.78 is 0. The van der Waals surface area contributed by atoms with Crippen LogP contribution in [0.4, 0.5) is 0 Å². The van der Waals surface area contributed by atoms with E-state index in [1.165, 1.54) is 25.7 Å². The van der Waals surface area contributed by atoms with Crippen LogP contribution in [0.1, 0.15) is 25.7 Å². The van der Waals surface area contributed by atoms with Gasteiger partial charge in [0.25, 0.3) is 0 Å². The lowest BCUT2D eigenvalue weighted by molar-refractivity contribution is 0.199. The lowest BCUT2D eigenvalue weighted by Gasteiger charge is -2.35. The molecule has 3 aliphatic rings. The molecule has 0 spiro atoms. The first-order chi connectivity index (χ1) is 5.41. The molecule has 1 unspecified atom stereocenters. The summed E-state index contributed by atoms with van der Waals surface area (Å²) in [6, 6.07) is 0. The predicted octanol–water partition coefficient (Wildman–Crippen LogP) is 2.92. The molecule has 1 saturated carbocycles. The van der Waals surface area contributed by atoms with E-state index in [4.69, 9.17) is 0 Å². The summed E-state index contributed by atoms with van der Waals surface area (Å²) >= 11 is 0. The second-order valence-electron chi connectivity index (χ2n) is 4.27. The van der Waals surface area contributed by atoms with Gasteiger partial charge in [-0.2, -0.15) is 0 Å². The molecular weight excluding hydrogens is 132 g/mol. The topological polar surface area (TPSA) is 0 Å². The SMILES string of the molecule is C1=C[C@@]23C=C[C@@H](CCC2)C3C1. The van der Waals surface area contributed by atoms with Crippen LogP contribution >= 0.6 is 0 Å². The molecule has 2 bridgehead atoms. The molecule has 0 heterocycles. The van der Waals surface area contributed by atoms with Crippen molar-refractivity contribution in [1.29, 1.82) is 0 Å². The monoisotopic (exact) mass is 146 g/mol. The van der Waals surface area contributed by atoms with Crippen molar-refractivity contribution < 1.29 is 0 Å². The van der Waals surface area contributed by atoms with E-state index in [2.05, 4.69) is 24.3 Å². The zero-order valence-corrected chi connectivity index (χ0v) is 6.79. The Bertz CT molecular complexity index is 236. The van der Waals surface area contributed by atoms with Gasteiger partial charge in [0.15, 0.2) is 0 Å². The molecule has 3 aliphatic carbocycles. The van der Waals surface area contributed by atoms with Crippen molar-refractivity contribution in [1.82, 2.24) is 0 Å². The van der Waals surface area contributed by atoms with Crippen molar-refractivity contribution in [3.8, 4) is 0 Å². The first kappa shape index (κ1) is 6.05. The molecule has 0 aliphatic heterocycles. The van der Waals surface area contributed by atoms with E-state index in [9.17, 15) is 0 Å². The van der Waals surface area contributed by atoms with Gasteiger partial charge in [-0.3, -0.25) is 0 Å². The highest BCUT2D eigenvalue weighted by atomic mass is 14.5. The van der Waals surface area contributed by atoms with Gasteiger partial charge in [0.1, 0.15) is 0 Å². The van der Waals surface area contributed by atoms with Crippen LogP contribution in [0.15, 0.2) is 24.3 Å². The lowest BCUT2D eigenvalue weighted by atomic mass is 9.69. The fraction of sp³-hybridized carbons (Fsp3) is 0.636. The van der Waals surface area contributed by atoms with Crippen LogP contribution < -0.4 is 0 Å². The van der Waals surface area contributed by atoms with E-state index in [-0.39, 0.29) is 0 Å². The van der Waals surface area contributed by atoms with Crippen LogP contribution in [0, 0.1) is 17.3 Å². The van der Waals surface area contributed by atoms with Gasteiger partial charge < -0.3 is 0 Å². The van der Waals surface area contributed by atoms with Gasteiger partial charge in [-0.15, -0.1) is 0 Å². The van der Waals surface area contributed by atoms with Gasteiger partial charge in [0, 0.05) is 5.41 Å². The largest absolute Gasteiger partial charge is 0.0873 e. The van der Waals surface area contributed by atoms with E-state index in [1.54, 1.807) is 0 Å². The van der Waals surface area contributed by atoms with Crippen LogP contribution in [0.2, 0.25) is 0 Å². The van der Waals surface area contributed by atoms with Crippen LogP contribution in [0.25, 0.3) is 0 Å². The van der Waals surface area contributed by atoms with E-state index in [1.807, 2.05) is 0 Å². The van der Waals surface area contributed by atoms with E-state index in [0.717, 1.165) is 11.8 Å². The predicted molar refractivity (Wildman–Crippen MR) is 46.2 cm³/mol. The summed E-state index contributed by atoms with van der Waals surface area (Å²) in [5, 5.41) is 0. The first-order valence-corrected chi connectivity index (χ1v) is 4.78. The van der Waals surface area contributed by atoms with Crippen molar-refractivity contribution in [2.45, 2.75) is 25.7 Å². The smallest absolute Gasteiger partial charge is 0.00978 e. The van der Waals surface area contributed by atoms with E-state index >= 15 is 0 Å². The number of hydrogen-bond donors (Lipinski definition) is 0. The average Bonchev–Trinajstić information content (AvgIpc) is 2.47. The highest BCUT2D eigenvalue weighted by molar-refractivity contribution is 5.28. The van der Waals surface area contributed by atoms with Crippen LogP contribution in [0.3, 0.4) is 0 Å². The highest BCUT2D eigenvalue weighted by Gasteiger charge is 2.46. The molecule has 0 amide bonds. The molecule has 58 valence electrons. The van der Waals surface area contributed by atoms with Crippen LogP contribution in [-0.2, 0) is 0 Å². The Hall–Kier alpha value is -0.520. The van der Waals surface area contributed by atoms with Gasteiger partial charge in [-0.25, -0.2) is 0 Å². The molecule has 0 saturated heterocycles. The zero-order valence-electron chi connectivity index (χ0n) is 6.79. The molecule has 0 nitrogen and oxygen atoms in total. The highest BCUT2D eigenvalue weighted by Crippen LogP contribution is 2.56. The lowest BCUT2D eigenvalue weighted by Crippen LogP contribution is -2.27. The van der Waals surface area contributed by atoms with Gasteiger partial charge in [-0.1, -0.05) is 30.7 Å². The summed E-state index contributed by atoms with van der Waals surface area (Å²) in [6.45, 7) is 0. The Morgan fingerprint density at radius 3 is 3.18 bits per heavy atom. The molecule has 3 rings (SSSR count). The van der Waals surface area contributed by atoms with E-state index in [0.29, 0.717) is 5.41 Å². The van der Waals surface area contributed by atoms with Gasteiger partial charge >= 0.3 is 0 Å². The molecule has 0 heteroatoms.